The van der Waals surface area contributed by atoms with Crippen molar-refractivity contribution in [3.63, 3.8) is 0 Å². The van der Waals surface area contributed by atoms with Gasteiger partial charge in [-0.2, -0.15) is 4.98 Å². The van der Waals surface area contributed by atoms with Crippen LogP contribution in [0, 0.1) is 0 Å². The van der Waals surface area contributed by atoms with E-state index in [-0.39, 0.29) is 23.7 Å². The van der Waals surface area contributed by atoms with Gasteiger partial charge in [-0.05, 0) is 45.2 Å². The molecule has 1 aliphatic heterocycles. The number of benzene rings is 1. The maximum Gasteiger partial charge on any atom is 0.278 e. The summed E-state index contributed by atoms with van der Waals surface area (Å²) in [5.41, 5.74) is 2.45. The molecule has 3 aromatic heterocycles. The first-order chi connectivity index (χ1) is 18.8. The summed E-state index contributed by atoms with van der Waals surface area (Å²) in [6, 6.07) is 9.50. The normalized spacial score (nSPS) is 14.2. The number of allylic oxidation sites excluding steroid dienone is 1. The average molecular weight is 531 g/mol. The summed E-state index contributed by atoms with van der Waals surface area (Å²) in [6.45, 7) is 12.0. The van der Waals surface area contributed by atoms with Gasteiger partial charge in [0.1, 0.15) is 11.1 Å². The number of hydrogen-bond donors (Lipinski definition) is 1. The highest BCUT2D eigenvalue weighted by Crippen LogP contribution is 2.26. The van der Waals surface area contributed by atoms with Crippen LogP contribution in [0.2, 0.25) is 0 Å². The lowest BCUT2D eigenvalue weighted by molar-refractivity contribution is 0.313. The lowest BCUT2D eigenvalue weighted by Crippen LogP contribution is -2.44. The molecule has 0 atom stereocenters. The topological polar surface area (TPSA) is 102 Å². The molecular formula is C28H34N8O3. The van der Waals surface area contributed by atoms with Gasteiger partial charge in [0.15, 0.2) is 11.4 Å². The first-order valence-corrected chi connectivity index (χ1v) is 13.0. The molecule has 4 heterocycles. The van der Waals surface area contributed by atoms with Crippen LogP contribution in [-0.2, 0) is 6.54 Å². The van der Waals surface area contributed by atoms with E-state index in [0.29, 0.717) is 28.4 Å². The Labute approximate surface area is 226 Å². The van der Waals surface area contributed by atoms with Crippen molar-refractivity contribution in [2.24, 2.45) is 0 Å². The van der Waals surface area contributed by atoms with Gasteiger partial charge in [0, 0.05) is 62.1 Å². The van der Waals surface area contributed by atoms with Crippen LogP contribution in [-0.4, -0.2) is 69.1 Å². The van der Waals surface area contributed by atoms with Gasteiger partial charge in [0.25, 0.3) is 11.1 Å². The molecule has 0 amide bonds. The zero-order valence-corrected chi connectivity index (χ0v) is 22.8. The smallest absolute Gasteiger partial charge is 0.278 e. The van der Waals surface area contributed by atoms with Crippen molar-refractivity contribution in [2.45, 2.75) is 26.4 Å². The Kier molecular flexibility index (Phi) is 7.25. The number of nitrogens with zero attached hydrogens (tertiary/aromatic N) is 7. The maximum absolute atomic E-state index is 13.4. The summed E-state index contributed by atoms with van der Waals surface area (Å²) in [6.07, 6.45) is 4.85. The zero-order valence-electron chi connectivity index (χ0n) is 22.8. The van der Waals surface area contributed by atoms with Crippen molar-refractivity contribution in [1.29, 1.82) is 0 Å². The number of aromatic nitrogens is 5. The summed E-state index contributed by atoms with van der Waals surface area (Å²) in [5, 5.41) is 3.60. The summed E-state index contributed by atoms with van der Waals surface area (Å²) in [5.74, 6) is 0.676. The van der Waals surface area contributed by atoms with Gasteiger partial charge in [0.05, 0.1) is 13.7 Å². The van der Waals surface area contributed by atoms with Crippen LogP contribution >= 0.6 is 0 Å². The predicted molar refractivity (Wildman–Crippen MR) is 154 cm³/mol. The Bertz CT molecular complexity index is 1610. The summed E-state index contributed by atoms with van der Waals surface area (Å²) < 4.78 is 10.3. The summed E-state index contributed by atoms with van der Waals surface area (Å²) in [4.78, 5) is 39.8. The van der Waals surface area contributed by atoms with Gasteiger partial charge >= 0.3 is 0 Å². The molecule has 1 fully saturated rings. The molecule has 1 aliphatic rings. The fraction of sp³-hybridized carbons (Fsp3) is 0.357. The van der Waals surface area contributed by atoms with E-state index in [9.17, 15) is 9.59 Å². The van der Waals surface area contributed by atoms with Crippen molar-refractivity contribution in [3.05, 3.63) is 76.1 Å². The molecule has 0 bridgehead atoms. The highest BCUT2D eigenvalue weighted by atomic mass is 16.5. The molecule has 1 saturated heterocycles. The van der Waals surface area contributed by atoms with E-state index < -0.39 is 0 Å². The SMILES string of the molecule is C=CCn1c(=O)c2cnc(Nc3ccc(N4CCN(C)CC4)cc3)nc2n1-c1cn(C(C)C)c(=O)cc1OC. The van der Waals surface area contributed by atoms with Crippen molar-refractivity contribution in [1.82, 2.24) is 28.8 Å². The number of rotatable bonds is 8. The largest absolute Gasteiger partial charge is 0.494 e. The second-order valence-electron chi connectivity index (χ2n) is 9.95. The molecule has 0 spiro atoms. The Morgan fingerprint density at radius 3 is 2.49 bits per heavy atom. The van der Waals surface area contributed by atoms with E-state index >= 15 is 0 Å². The third-order valence-electron chi connectivity index (χ3n) is 7.00. The van der Waals surface area contributed by atoms with E-state index in [2.05, 4.69) is 45.9 Å². The number of fused-ring (bicyclic) bond motifs is 1. The van der Waals surface area contributed by atoms with Crippen LogP contribution < -0.4 is 26.1 Å². The van der Waals surface area contributed by atoms with E-state index in [1.807, 2.05) is 26.0 Å². The summed E-state index contributed by atoms with van der Waals surface area (Å²) >= 11 is 0. The molecular weight excluding hydrogens is 496 g/mol. The molecule has 0 radical (unpaired) electrons. The second kappa shape index (κ2) is 10.8. The van der Waals surface area contributed by atoms with Gasteiger partial charge < -0.3 is 24.4 Å². The number of ether oxygens (including phenoxy) is 1. The van der Waals surface area contributed by atoms with E-state index in [1.54, 1.807) is 21.5 Å². The first kappa shape index (κ1) is 26.2. The van der Waals surface area contributed by atoms with Gasteiger partial charge in [-0.3, -0.25) is 9.59 Å². The van der Waals surface area contributed by atoms with E-state index in [1.165, 1.54) is 29.7 Å². The average Bonchev–Trinajstić information content (AvgIpc) is 3.20. The van der Waals surface area contributed by atoms with Crippen LogP contribution in [0.3, 0.4) is 0 Å². The lowest BCUT2D eigenvalue weighted by atomic mass is 10.2. The van der Waals surface area contributed by atoms with Crippen LogP contribution in [0.5, 0.6) is 5.75 Å². The third-order valence-corrected chi connectivity index (χ3v) is 7.00. The minimum Gasteiger partial charge on any atom is -0.494 e. The number of pyridine rings is 1. The first-order valence-electron chi connectivity index (χ1n) is 13.0. The van der Waals surface area contributed by atoms with Crippen molar-refractivity contribution in [3.8, 4) is 11.4 Å². The second-order valence-corrected chi connectivity index (χ2v) is 9.95. The fourth-order valence-corrected chi connectivity index (χ4v) is 4.82. The number of hydrogen-bond acceptors (Lipinski definition) is 8. The quantitative estimate of drug-likeness (QED) is 0.347. The third kappa shape index (κ3) is 5.05. The number of piperazine rings is 1. The van der Waals surface area contributed by atoms with Crippen LogP contribution in [0.1, 0.15) is 19.9 Å². The van der Waals surface area contributed by atoms with E-state index in [0.717, 1.165) is 31.9 Å². The van der Waals surface area contributed by atoms with Gasteiger partial charge in [-0.25, -0.2) is 14.3 Å². The molecule has 5 rings (SSSR count). The Morgan fingerprint density at radius 1 is 1.13 bits per heavy atom. The van der Waals surface area contributed by atoms with E-state index in [4.69, 9.17) is 9.72 Å². The zero-order chi connectivity index (χ0) is 27.7. The minimum absolute atomic E-state index is 0.0933. The van der Waals surface area contributed by atoms with Crippen molar-refractivity contribution >= 4 is 28.4 Å². The van der Waals surface area contributed by atoms with Crippen molar-refractivity contribution < 1.29 is 4.74 Å². The highest BCUT2D eigenvalue weighted by molar-refractivity contribution is 5.78. The number of likely N-dealkylation sites (N-methyl/N-ethyl adjacent to an activating group) is 1. The van der Waals surface area contributed by atoms with Crippen LogP contribution in [0.15, 0.2) is 65.0 Å². The standard InChI is InChI=1S/C28H34N8O3/c1-6-11-35-27(38)22-17-29-28(30-20-7-9-21(10-8-20)33-14-12-32(4)13-15-33)31-26(22)36(35)23-18-34(19(2)3)25(37)16-24(23)39-5/h6-10,16-19H,1,11-15H2,2-5H3,(H,29,30,31). The highest BCUT2D eigenvalue weighted by Gasteiger charge is 2.21. The molecule has 204 valence electrons. The minimum atomic E-state index is -0.266. The van der Waals surface area contributed by atoms with Gasteiger partial charge in [0.2, 0.25) is 5.95 Å². The molecule has 1 N–H and O–H groups in total. The number of nitrogens with one attached hydrogen (secondary N) is 1. The molecule has 4 aromatic rings. The molecule has 0 aliphatic carbocycles. The van der Waals surface area contributed by atoms with Crippen molar-refractivity contribution in [2.75, 3.05) is 50.6 Å². The van der Waals surface area contributed by atoms with Crippen LogP contribution in [0.25, 0.3) is 16.7 Å². The fourth-order valence-electron chi connectivity index (χ4n) is 4.82. The molecule has 0 saturated carbocycles. The molecule has 39 heavy (non-hydrogen) atoms. The van der Waals surface area contributed by atoms with Crippen LogP contribution in [0.4, 0.5) is 17.3 Å². The Morgan fingerprint density at radius 2 is 1.85 bits per heavy atom. The molecule has 11 nitrogen and oxygen atoms in total. The predicted octanol–water partition coefficient (Wildman–Crippen LogP) is 3.01. The Hall–Kier alpha value is -4.38. The molecule has 11 heteroatoms. The Balaban J connectivity index is 1.56. The summed E-state index contributed by atoms with van der Waals surface area (Å²) in [7, 11) is 3.64. The monoisotopic (exact) mass is 530 g/mol. The number of methoxy groups -OCH3 is 1. The number of anilines is 3. The van der Waals surface area contributed by atoms with Gasteiger partial charge in [-0.1, -0.05) is 6.08 Å². The van der Waals surface area contributed by atoms with Gasteiger partial charge in [-0.15, -0.1) is 6.58 Å². The maximum atomic E-state index is 13.4. The lowest BCUT2D eigenvalue weighted by Gasteiger charge is -2.34. The molecule has 0 unspecified atom stereocenters. The molecule has 1 aromatic carbocycles.